The van der Waals surface area contributed by atoms with Crippen molar-refractivity contribution >= 4 is 50.2 Å². The molecular weight excluding hydrogens is 863 g/mol. The van der Waals surface area contributed by atoms with Crippen LogP contribution >= 0.6 is 0 Å². The summed E-state index contributed by atoms with van der Waals surface area (Å²) in [6, 6.07) is 37.0. The summed E-state index contributed by atoms with van der Waals surface area (Å²) in [5.41, 5.74) is 9.76. The fourth-order valence-electron chi connectivity index (χ4n) is 6.84. The van der Waals surface area contributed by atoms with Gasteiger partial charge in [0.2, 0.25) is 0 Å². The molecule has 5 nitrogen and oxygen atoms in total. The van der Waals surface area contributed by atoms with Crippen LogP contribution in [0.5, 0.6) is 0 Å². The molecule has 0 saturated carbocycles. The quantitative estimate of drug-likeness (QED) is 0.168. The third kappa shape index (κ3) is 7.85. The Bertz CT molecular complexity index is 2640. The van der Waals surface area contributed by atoms with Gasteiger partial charge in [-0.3, -0.25) is 0 Å². The number of aryl methyl sites for hydroxylation is 4. The maximum atomic E-state index is 12.6. The number of hydrogen-bond donors (Lipinski definition) is 1. The van der Waals surface area contributed by atoms with Crippen LogP contribution in [0, 0.1) is 47.1 Å². The van der Waals surface area contributed by atoms with E-state index >= 15 is 0 Å². The molecule has 0 atom stereocenters. The maximum absolute atomic E-state index is 12.6. The molecule has 1 aliphatic heterocycles. The molecule has 0 radical (unpaired) electrons. The van der Waals surface area contributed by atoms with Gasteiger partial charge in [-0.1, -0.05) is 84.4 Å². The van der Waals surface area contributed by atoms with Crippen LogP contribution in [0.4, 0.5) is 41.6 Å². The monoisotopic (exact) mass is 908 g/mol. The molecule has 1 aromatic heterocycles. The minimum absolute atomic E-state index is 0. The first-order valence-electron chi connectivity index (χ1n) is 19.9. The van der Waals surface area contributed by atoms with Crippen LogP contribution in [0.3, 0.4) is 0 Å². The first-order valence-corrected chi connectivity index (χ1v) is 16.9. The van der Waals surface area contributed by atoms with E-state index in [9.17, 15) is 13.2 Å². The molecule has 0 saturated heterocycles. The van der Waals surface area contributed by atoms with Crippen molar-refractivity contribution in [2.45, 2.75) is 33.9 Å². The summed E-state index contributed by atoms with van der Waals surface area (Å²) >= 11 is 0. The molecule has 0 unspecified atom stereocenters. The van der Waals surface area contributed by atoms with E-state index in [4.69, 9.17) is 8.22 Å². The second kappa shape index (κ2) is 15.6. The maximum Gasteiger partial charge on any atom is 4.00 e. The van der Waals surface area contributed by atoms with Crippen LogP contribution in [-0.4, -0.2) is 14.0 Å². The summed E-state index contributed by atoms with van der Waals surface area (Å²) in [7, 11) is 0. The summed E-state index contributed by atoms with van der Waals surface area (Å²) in [6.45, 7) is 6.25. The molecule has 1 N–H and O–H groups in total. The van der Waals surface area contributed by atoms with E-state index in [1.807, 2.05) is 55.5 Å². The van der Waals surface area contributed by atoms with Gasteiger partial charge < -0.3 is 25.0 Å². The first-order chi connectivity index (χ1) is 27.8. The first kappa shape index (κ1) is 31.2. The van der Waals surface area contributed by atoms with Crippen molar-refractivity contribution in [3.63, 3.8) is 0 Å². The molecule has 276 valence electrons. The number of anilines is 5. The van der Waals surface area contributed by atoms with Crippen molar-refractivity contribution in [2.24, 2.45) is 0 Å². The molecule has 0 bridgehead atoms. The standard InChI is InChI=1S/C32H33N4.C13H7F3N.Pt/c1-22-15-24(3)32(25(4)16-22)26-17-27(33-20-34(5)29-12-8-7-11-23(29)2)19-28(18-26)36-21-35(6)30-13-9-10-14-31(30)36;14-13(15,16)8-5-6-12-10(7-8)9-3-1-2-4-11(9)17-12;/h7-18,20-21,33H,1-6H3;1-7H;/q-3;-1;+4/i5D3,6D3;;. The van der Waals surface area contributed by atoms with Crippen molar-refractivity contribution in [3.05, 3.63) is 162 Å². The molecule has 0 amide bonds. The Morgan fingerprint density at radius 2 is 1.46 bits per heavy atom. The number of hydrogen-bond acceptors (Lipinski definition) is 4. The molecule has 54 heavy (non-hydrogen) atoms. The number of nitrogens with one attached hydrogen (secondary N) is 1. The second-order valence-corrected chi connectivity index (χ2v) is 13.1. The van der Waals surface area contributed by atoms with Crippen LogP contribution in [0.15, 0.2) is 115 Å². The zero-order valence-electron chi connectivity index (χ0n) is 35.9. The van der Waals surface area contributed by atoms with Gasteiger partial charge in [-0.25, -0.2) is 0 Å². The van der Waals surface area contributed by atoms with E-state index < -0.39 is 25.7 Å². The third-order valence-corrected chi connectivity index (χ3v) is 9.19. The fraction of sp³-hybridized carbons (Fsp3) is 0.156. The molecule has 6 aromatic carbocycles. The van der Waals surface area contributed by atoms with Gasteiger partial charge >= 0.3 is 27.2 Å². The van der Waals surface area contributed by atoms with Gasteiger partial charge in [0.1, 0.15) is 0 Å². The predicted molar refractivity (Wildman–Crippen MR) is 213 cm³/mol. The minimum atomic E-state index is -4.31. The molecule has 9 heteroatoms. The van der Waals surface area contributed by atoms with Crippen molar-refractivity contribution in [2.75, 3.05) is 34.0 Å². The normalized spacial score (nSPS) is 14.4. The van der Waals surface area contributed by atoms with E-state index in [1.165, 1.54) is 22.5 Å². The Morgan fingerprint density at radius 3 is 2.19 bits per heavy atom. The molecular formula is C45H40F3N5Pt. The molecule has 0 fully saturated rings. The second-order valence-electron chi connectivity index (χ2n) is 13.1. The predicted octanol–water partition coefficient (Wildman–Crippen LogP) is 11.7. The zero-order chi connectivity index (χ0) is 42.4. The van der Waals surface area contributed by atoms with E-state index in [0.29, 0.717) is 39.3 Å². The van der Waals surface area contributed by atoms with Gasteiger partial charge in [-0.2, -0.15) is 26.5 Å². The summed E-state index contributed by atoms with van der Waals surface area (Å²) in [5, 5.41) is 4.50. The average Bonchev–Trinajstić information content (AvgIpc) is 3.74. The molecule has 1 aliphatic rings. The van der Waals surface area contributed by atoms with E-state index in [1.54, 1.807) is 48.0 Å². The average molecular weight is 909 g/mol. The topological polar surface area (TPSA) is 35.9 Å². The van der Waals surface area contributed by atoms with Crippen molar-refractivity contribution in [1.29, 1.82) is 0 Å². The van der Waals surface area contributed by atoms with Crippen LogP contribution < -0.4 is 25.0 Å². The smallest absolute Gasteiger partial charge is 0.657 e. The summed E-state index contributed by atoms with van der Waals surface area (Å²) in [4.78, 5) is 8.59. The van der Waals surface area contributed by atoms with E-state index in [2.05, 4.69) is 49.3 Å². The summed E-state index contributed by atoms with van der Waals surface area (Å²) < 4.78 is 86.6. The van der Waals surface area contributed by atoms with Crippen LogP contribution in [0.2, 0.25) is 0 Å². The van der Waals surface area contributed by atoms with Crippen LogP contribution in [0.1, 0.15) is 36.0 Å². The summed E-state index contributed by atoms with van der Waals surface area (Å²) in [6.07, 6.45) is -4.31. The molecule has 0 spiro atoms. The number of aromatic nitrogens is 1. The van der Waals surface area contributed by atoms with Gasteiger partial charge in [0, 0.05) is 25.3 Å². The van der Waals surface area contributed by atoms with Crippen LogP contribution in [-0.2, 0) is 27.2 Å². The van der Waals surface area contributed by atoms with Gasteiger partial charge in [-0.15, -0.1) is 46.2 Å². The third-order valence-electron chi connectivity index (χ3n) is 9.19. The number of halogens is 3. The number of alkyl halides is 3. The van der Waals surface area contributed by atoms with Gasteiger partial charge in [0.25, 0.3) is 0 Å². The number of fused-ring (bicyclic) bond motifs is 4. The van der Waals surface area contributed by atoms with E-state index in [-0.39, 0.29) is 21.1 Å². The Hall–Kier alpha value is -5.20. The SMILES string of the molecule is FC(F)(F)c1ccc2[n-]c3ccccc3c2c1.[2H]C([2H])([2H])N([CH-]Nc1[c-]c(N2[CH-]N(C([2H])([2H])[2H])c3ccccc32)cc(-c2c(C)cc(C)cc2C)c1)c1ccccc1C.[Pt+4]. The minimum Gasteiger partial charge on any atom is -0.657 e. The molecule has 2 heterocycles. The van der Waals surface area contributed by atoms with Gasteiger partial charge in [-0.05, 0) is 98.9 Å². The molecule has 7 aromatic rings. The fourth-order valence-corrected chi connectivity index (χ4v) is 6.84. The van der Waals surface area contributed by atoms with Crippen molar-refractivity contribution in [1.82, 2.24) is 4.98 Å². The zero-order valence-corrected chi connectivity index (χ0v) is 32.1. The van der Waals surface area contributed by atoms with Crippen molar-refractivity contribution < 1.29 is 42.5 Å². The van der Waals surface area contributed by atoms with Crippen molar-refractivity contribution in [3.8, 4) is 11.1 Å². The van der Waals surface area contributed by atoms with Gasteiger partial charge in [0.05, 0.1) is 5.56 Å². The summed E-state index contributed by atoms with van der Waals surface area (Å²) in [5.74, 6) is 0. The Morgan fingerprint density at radius 1 is 0.778 bits per heavy atom. The Balaban J connectivity index is 0.000000278. The molecule has 8 rings (SSSR count). The number of nitrogens with zero attached hydrogens (tertiary/aromatic N) is 4. The number of para-hydroxylation sites is 4. The molecule has 0 aliphatic carbocycles. The number of benzene rings is 6. The largest absolute Gasteiger partial charge is 4.00 e. The Labute approximate surface area is 338 Å². The Kier molecular flexibility index (Phi) is 9.03. The van der Waals surface area contributed by atoms with Gasteiger partial charge in [0.15, 0.2) is 0 Å². The van der Waals surface area contributed by atoms with E-state index in [0.717, 1.165) is 56.4 Å². The van der Waals surface area contributed by atoms with Crippen LogP contribution in [0.25, 0.3) is 32.9 Å². The number of rotatable bonds is 6.